The van der Waals surface area contributed by atoms with E-state index in [4.69, 9.17) is 4.74 Å². The summed E-state index contributed by atoms with van der Waals surface area (Å²) in [6.07, 6.45) is 0. The molecule has 0 saturated carbocycles. The van der Waals surface area contributed by atoms with Crippen LogP contribution in [0.2, 0.25) is 0 Å². The van der Waals surface area contributed by atoms with Crippen LogP contribution < -0.4 is 10.1 Å². The number of hydrogen-bond acceptors (Lipinski definition) is 2. The molecule has 0 amide bonds. The summed E-state index contributed by atoms with van der Waals surface area (Å²) >= 11 is 3.41. The Morgan fingerprint density at radius 3 is 2.48 bits per heavy atom. The van der Waals surface area contributed by atoms with Gasteiger partial charge in [0.25, 0.3) is 0 Å². The van der Waals surface area contributed by atoms with E-state index in [0.717, 1.165) is 10.0 Å². The molecule has 0 bridgehead atoms. The predicted octanol–water partition coefficient (Wildman–Crippen LogP) is 4.59. The summed E-state index contributed by atoms with van der Waals surface area (Å²) in [5, 5.41) is 3.12. The van der Waals surface area contributed by atoms with Crippen LogP contribution >= 0.6 is 15.9 Å². The van der Waals surface area contributed by atoms with Crippen LogP contribution in [0.25, 0.3) is 0 Å². The minimum atomic E-state index is -0.602. The zero-order valence-electron chi connectivity index (χ0n) is 11.8. The van der Waals surface area contributed by atoms with Crippen molar-refractivity contribution in [1.82, 2.24) is 5.32 Å². The molecule has 0 spiro atoms. The molecule has 0 heterocycles. The van der Waals surface area contributed by atoms with Crippen molar-refractivity contribution in [2.75, 3.05) is 7.05 Å². The Morgan fingerprint density at radius 1 is 1.19 bits per heavy atom. The van der Waals surface area contributed by atoms with E-state index in [9.17, 15) is 8.78 Å². The van der Waals surface area contributed by atoms with Crippen LogP contribution in [0.15, 0.2) is 40.9 Å². The first-order chi connectivity index (χ1) is 10.0. The van der Waals surface area contributed by atoms with Crippen LogP contribution in [0.1, 0.15) is 24.1 Å². The lowest BCUT2D eigenvalue weighted by molar-refractivity contribution is 0.287. The fourth-order valence-corrected chi connectivity index (χ4v) is 2.34. The van der Waals surface area contributed by atoms with Gasteiger partial charge in [0.15, 0.2) is 0 Å². The molecule has 1 unspecified atom stereocenters. The number of benzene rings is 2. The van der Waals surface area contributed by atoms with Crippen molar-refractivity contribution < 1.29 is 13.5 Å². The van der Waals surface area contributed by atoms with Crippen molar-refractivity contribution >= 4 is 15.9 Å². The predicted molar refractivity (Wildman–Crippen MR) is 82.3 cm³/mol. The molecule has 0 aliphatic heterocycles. The van der Waals surface area contributed by atoms with Gasteiger partial charge in [0.05, 0.1) is 5.56 Å². The third-order valence-electron chi connectivity index (χ3n) is 3.31. The van der Waals surface area contributed by atoms with Gasteiger partial charge in [-0.2, -0.15) is 0 Å². The summed E-state index contributed by atoms with van der Waals surface area (Å²) in [5.74, 6) is -0.603. The summed E-state index contributed by atoms with van der Waals surface area (Å²) in [4.78, 5) is 0. The largest absolute Gasteiger partial charge is 0.488 e. The fraction of sp³-hybridized carbons (Fsp3) is 0.250. The van der Waals surface area contributed by atoms with Gasteiger partial charge in [-0.1, -0.05) is 22.0 Å². The number of hydrogen-bond donors (Lipinski definition) is 1. The van der Waals surface area contributed by atoms with Gasteiger partial charge in [-0.05, 0) is 44.3 Å². The van der Waals surface area contributed by atoms with Gasteiger partial charge < -0.3 is 10.1 Å². The van der Waals surface area contributed by atoms with Crippen LogP contribution in [-0.2, 0) is 6.61 Å². The van der Waals surface area contributed by atoms with Crippen molar-refractivity contribution in [1.29, 1.82) is 0 Å². The molecular formula is C16H16BrF2NO. The van der Waals surface area contributed by atoms with Crippen LogP contribution in [0.5, 0.6) is 5.75 Å². The maximum absolute atomic E-state index is 13.6. The van der Waals surface area contributed by atoms with Crippen molar-refractivity contribution in [2.45, 2.75) is 19.6 Å². The van der Waals surface area contributed by atoms with Crippen molar-refractivity contribution in [2.24, 2.45) is 0 Å². The Labute approximate surface area is 131 Å². The van der Waals surface area contributed by atoms with Crippen molar-refractivity contribution in [3.05, 3.63) is 63.6 Å². The zero-order valence-corrected chi connectivity index (χ0v) is 13.4. The van der Waals surface area contributed by atoms with Gasteiger partial charge >= 0.3 is 0 Å². The van der Waals surface area contributed by atoms with Gasteiger partial charge in [-0.15, -0.1) is 0 Å². The molecule has 0 aliphatic carbocycles. The third kappa shape index (κ3) is 3.80. The highest BCUT2D eigenvalue weighted by Gasteiger charge is 2.13. The Bertz CT molecular complexity index is 613. The van der Waals surface area contributed by atoms with Crippen LogP contribution in [0, 0.1) is 11.6 Å². The molecule has 0 aliphatic rings. The normalized spacial score (nSPS) is 12.2. The van der Waals surface area contributed by atoms with Gasteiger partial charge in [0, 0.05) is 16.1 Å². The standard InChI is InChI=1S/C16H16BrF2NO/c1-10(20-2)12-8-11(17)6-7-16(12)21-9-13-14(18)4-3-5-15(13)19/h3-8,10,20H,9H2,1-2H3. The molecule has 0 fully saturated rings. The second-order valence-corrected chi connectivity index (χ2v) is 5.60. The second kappa shape index (κ2) is 7.00. The van der Waals surface area contributed by atoms with E-state index in [-0.39, 0.29) is 18.2 Å². The smallest absolute Gasteiger partial charge is 0.132 e. The minimum absolute atomic E-state index is 0.0583. The maximum Gasteiger partial charge on any atom is 0.132 e. The molecule has 21 heavy (non-hydrogen) atoms. The topological polar surface area (TPSA) is 21.3 Å². The van der Waals surface area contributed by atoms with E-state index in [1.54, 1.807) is 6.07 Å². The number of rotatable bonds is 5. The lowest BCUT2D eigenvalue weighted by Crippen LogP contribution is -2.14. The summed E-state index contributed by atoms with van der Waals surface area (Å²) < 4.78 is 33.7. The molecule has 1 atom stereocenters. The average molecular weight is 356 g/mol. The highest BCUT2D eigenvalue weighted by Crippen LogP contribution is 2.29. The van der Waals surface area contributed by atoms with E-state index in [2.05, 4.69) is 21.2 Å². The lowest BCUT2D eigenvalue weighted by Gasteiger charge is -2.17. The minimum Gasteiger partial charge on any atom is -0.488 e. The average Bonchev–Trinajstić information content (AvgIpc) is 2.47. The first-order valence-corrected chi connectivity index (χ1v) is 7.34. The molecule has 5 heteroatoms. The maximum atomic E-state index is 13.6. The monoisotopic (exact) mass is 355 g/mol. The molecule has 2 aromatic rings. The molecule has 2 rings (SSSR count). The van der Waals surface area contributed by atoms with Crippen molar-refractivity contribution in [3.8, 4) is 5.75 Å². The van der Waals surface area contributed by atoms with E-state index in [1.807, 2.05) is 26.1 Å². The number of nitrogens with one attached hydrogen (secondary N) is 1. The Hall–Kier alpha value is -1.46. The molecule has 0 aromatic heterocycles. The van der Waals surface area contributed by atoms with Crippen LogP contribution in [0.3, 0.4) is 0 Å². The van der Waals surface area contributed by atoms with Gasteiger partial charge in [0.1, 0.15) is 24.0 Å². The molecule has 2 nitrogen and oxygen atoms in total. The number of ether oxygens (including phenoxy) is 1. The van der Waals surface area contributed by atoms with Gasteiger partial charge in [-0.25, -0.2) is 8.78 Å². The summed E-state index contributed by atoms with van der Waals surface area (Å²) in [7, 11) is 1.84. The van der Waals surface area contributed by atoms with E-state index in [1.165, 1.54) is 18.2 Å². The quantitative estimate of drug-likeness (QED) is 0.846. The molecule has 1 N–H and O–H groups in total. The Balaban J connectivity index is 2.24. The molecule has 112 valence electrons. The van der Waals surface area contributed by atoms with E-state index in [0.29, 0.717) is 5.75 Å². The van der Waals surface area contributed by atoms with Gasteiger partial charge in [-0.3, -0.25) is 0 Å². The second-order valence-electron chi connectivity index (χ2n) is 4.68. The highest BCUT2D eigenvalue weighted by molar-refractivity contribution is 9.10. The molecule has 2 aromatic carbocycles. The summed E-state index contributed by atoms with van der Waals surface area (Å²) in [5.41, 5.74) is 0.854. The van der Waals surface area contributed by atoms with E-state index < -0.39 is 11.6 Å². The van der Waals surface area contributed by atoms with E-state index >= 15 is 0 Å². The Kier molecular flexibility index (Phi) is 5.31. The summed E-state index contributed by atoms with van der Waals surface area (Å²) in [6.45, 7) is 1.84. The highest BCUT2D eigenvalue weighted by atomic mass is 79.9. The molecule has 0 saturated heterocycles. The van der Waals surface area contributed by atoms with Crippen LogP contribution in [0.4, 0.5) is 8.78 Å². The number of halogens is 3. The first kappa shape index (κ1) is 15.9. The van der Waals surface area contributed by atoms with Crippen LogP contribution in [-0.4, -0.2) is 7.05 Å². The molecular weight excluding hydrogens is 340 g/mol. The lowest BCUT2D eigenvalue weighted by atomic mass is 10.1. The van der Waals surface area contributed by atoms with Crippen molar-refractivity contribution in [3.63, 3.8) is 0 Å². The Morgan fingerprint density at radius 2 is 1.86 bits per heavy atom. The zero-order chi connectivity index (χ0) is 15.4. The SMILES string of the molecule is CNC(C)c1cc(Br)ccc1OCc1c(F)cccc1F. The first-order valence-electron chi connectivity index (χ1n) is 6.55. The summed E-state index contributed by atoms with van der Waals surface area (Å²) in [6, 6.07) is 9.38. The molecule has 0 radical (unpaired) electrons. The van der Waals surface area contributed by atoms with Gasteiger partial charge in [0.2, 0.25) is 0 Å². The third-order valence-corrected chi connectivity index (χ3v) is 3.80. The fourth-order valence-electron chi connectivity index (χ4n) is 1.96.